The minimum Gasteiger partial charge on any atom is -0.395 e. The van der Waals surface area contributed by atoms with E-state index in [4.69, 9.17) is 5.11 Å². The van der Waals surface area contributed by atoms with Gasteiger partial charge in [0.25, 0.3) is 0 Å². The van der Waals surface area contributed by atoms with E-state index in [-0.39, 0.29) is 37.4 Å². The van der Waals surface area contributed by atoms with Crippen molar-refractivity contribution in [1.82, 2.24) is 10.2 Å². The largest absolute Gasteiger partial charge is 0.395 e. The van der Waals surface area contributed by atoms with E-state index in [9.17, 15) is 9.59 Å². The summed E-state index contributed by atoms with van der Waals surface area (Å²) in [5.74, 6) is -0.651. The predicted molar refractivity (Wildman–Crippen MR) is 77.1 cm³/mol. The Balaban J connectivity index is 2.43. The minimum atomic E-state index is -0.340. The number of hydrogen-bond acceptors (Lipinski definition) is 4. The van der Waals surface area contributed by atoms with E-state index >= 15 is 0 Å². The molecule has 1 aromatic rings. The third-order valence-electron chi connectivity index (χ3n) is 2.95. The molecule has 2 amide bonds. The van der Waals surface area contributed by atoms with Crippen LogP contribution in [0.2, 0.25) is 0 Å². The molecule has 0 saturated carbocycles. The Morgan fingerprint density at radius 2 is 1.85 bits per heavy atom. The number of imide groups is 1. The van der Waals surface area contributed by atoms with E-state index in [0.29, 0.717) is 6.54 Å². The summed E-state index contributed by atoms with van der Waals surface area (Å²) >= 11 is 0. The standard InChI is InChI=1S/C15H22N2O3/c1-12(2)17(8-9-18)11-15(20)16-14(19)10-13-6-4-3-5-7-13/h3-7,12,18H,8-11H2,1-2H3,(H,16,19,20). The second kappa shape index (κ2) is 8.45. The molecule has 110 valence electrons. The van der Waals surface area contributed by atoms with Gasteiger partial charge in [-0.3, -0.25) is 19.8 Å². The van der Waals surface area contributed by atoms with Gasteiger partial charge in [0.2, 0.25) is 11.8 Å². The third-order valence-corrected chi connectivity index (χ3v) is 2.95. The molecule has 5 nitrogen and oxygen atoms in total. The molecule has 0 unspecified atom stereocenters. The Morgan fingerprint density at radius 1 is 1.20 bits per heavy atom. The van der Waals surface area contributed by atoms with Crippen LogP contribution >= 0.6 is 0 Å². The maximum absolute atomic E-state index is 11.8. The molecule has 0 saturated heterocycles. The van der Waals surface area contributed by atoms with Crippen molar-refractivity contribution in [2.75, 3.05) is 19.7 Å². The lowest BCUT2D eigenvalue weighted by molar-refractivity contribution is -0.131. The molecule has 0 aliphatic rings. The highest BCUT2D eigenvalue weighted by atomic mass is 16.3. The number of amides is 2. The normalized spacial score (nSPS) is 10.8. The van der Waals surface area contributed by atoms with Crippen LogP contribution in [0.15, 0.2) is 30.3 Å². The van der Waals surface area contributed by atoms with Gasteiger partial charge in [-0.25, -0.2) is 0 Å². The zero-order valence-corrected chi connectivity index (χ0v) is 12.0. The first-order chi connectivity index (χ1) is 9.52. The van der Waals surface area contributed by atoms with Crippen LogP contribution in [0.1, 0.15) is 19.4 Å². The first kappa shape index (κ1) is 16.3. The third kappa shape index (κ3) is 5.95. The Morgan fingerprint density at radius 3 is 2.40 bits per heavy atom. The summed E-state index contributed by atoms with van der Waals surface area (Å²) < 4.78 is 0. The fraction of sp³-hybridized carbons (Fsp3) is 0.467. The highest BCUT2D eigenvalue weighted by molar-refractivity contribution is 5.96. The summed E-state index contributed by atoms with van der Waals surface area (Å²) in [7, 11) is 0. The molecule has 0 aromatic heterocycles. The molecule has 2 N–H and O–H groups in total. The van der Waals surface area contributed by atoms with Crippen molar-refractivity contribution in [3.05, 3.63) is 35.9 Å². The zero-order valence-electron chi connectivity index (χ0n) is 12.0. The molecule has 0 spiro atoms. The Labute approximate surface area is 119 Å². The van der Waals surface area contributed by atoms with Crippen molar-refractivity contribution in [2.24, 2.45) is 0 Å². The second-order valence-corrected chi connectivity index (χ2v) is 4.92. The van der Waals surface area contributed by atoms with E-state index in [0.717, 1.165) is 5.56 Å². The van der Waals surface area contributed by atoms with Crippen LogP contribution in [0.25, 0.3) is 0 Å². The van der Waals surface area contributed by atoms with Crippen LogP contribution in [-0.4, -0.2) is 47.6 Å². The number of carbonyl (C=O) groups excluding carboxylic acids is 2. The molecule has 0 heterocycles. The molecule has 0 aliphatic heterocycles. The summed E-state index contributed by atoms with van der Waals surface area (Å²) in [6.45, 7) is 4.39. The summed E-state index contributed by atoms with van der Waals surface area (Å²) in [6.07, 6.45) is 0.189. The highest BCUT2D eigenvalue weighted by Crippen LogP contribution is 2.00. The summed E-state index contributed by atoms with van der Waals surface area (Å²) in [6, 6.07) is 9.41. The molecule has 0 aliphatic carbocycles. The van der Waals surface area contributed by atoms with Crippen molar-refractivity contribution in [1.29, 1.82) is 0 Å². The Kier molecular flexibility index (Phi) is 6.90. The monoisotopic (exact) mass is 278 g/mol. The van der Waals surface area contributed by atoms with E-state index in [2.05, 4.69) is 5.32 Å². The molecule has 0 fully saturated rings. The molecule has 5 heteroatoms. The Bertz CT molecular complexity index is 432. The first-order valence-corrected chi connectivity index (χ1v) is 6.74. The average molecular weight is 278 g/mol. The van der Waals surface area contributed by atoms with Crippen molar-refractivity contribution in [2.45, 2.75) is 26.3 Å². The maximum Gasteiger partial charge on any atom is 0.240 e. The highest BCUT2D eigenvalue weighted by Gasteiger charge is 2.15. The van der Waals surface area contributed by atoms with Gasteiger partial charge in [-0.15, -0.1) is 0 Å². The fourth-order valence-electron chi connectivity index (χ4n) is 1.85. The number of aliphatic hydroxyl groups excluding tert-OH is 1. The smallest absolute Gasteiger partial charge is 0.240 e. The van der Waals surface area contributed by atoms with Gasteiger partial charge in [-0.1, -0.05) is 30.3 Å². The van der Waals surface area contributed by atoms with Crippen molar-refractivity contribution in [3.63, 3.8) is 0 Å². The number of rotatable bonds is 7. The first-order valence-electron chi connectivity index (χ1n) is 6.74. The number of hydrogen-bond donors (Lipinski definition) is 2. The van der Waals surface area contributed by atoms with Gasteiger partial charge in [-0.2, -0.15) is 0 Å². The molecule has 20 heavy (non-hydrogen) atoms. The van der Waals surface area contributed by atoms with Gasteiger partial charge >= 0.3 is 0 Å². The molecule has 0 radical (unpaired) electrons. The quantitative estimate of drug-likeness (QED) is 0.765. The van der Waals surface area contributed by atoms with Crippen LogP contribution in [0.4, 0.5) is 0 Å². The van der Waals surface area contributed by atoms with Gasteiger partial charge in [-0.05, 0) is 19.4 Å². The van der Waals surface area contributed by atoms with Crippen LogP contribution < -0.4 is 5.32 Å². The second-order valence-electron chi connectivity index (χ2n) is 4.92. The van der Waals surface area contributed by atoms with Crippen LogP contribution in [0, 0.1) is 0 Å². The number of aliphatic hydroxyl groups is 1. The molecule has 0 bridgehead atoms. The van der Waals surface area contributed by atoms with Crippen molar-refractivity contribution in [3.8, 4) is 0 Å². The lowest BCUT2D eigenvalue weighted by Gasteiger charge is -2.24. The van der Waals surface area contributed by atoms with Crippen molar-refractivity contribution >= 4 is 11.8 Å². The SMILES string of the molecule is CC(C)N(CCO)CC(=O)NC(=O)Cc1ccccc1. The van der Waals surface area contributed by atoms with Crippen LogP contribution in [0.5, 0.6) is 0 Å². The average Bonchev–Trinajstić information content (AvgIpc) is 2.38. The predicted octanol–water partition coefficient (Wildman–Crippen LogP) is 0.575. The number of benzene rings is 1. The Hall–Kier alpha value is -1.72. The molecule has 1 rings (SSSR count). The lowest BCUT2D eigenvalue weighted by atomic mass is 10.1. The van der Waals surface area contributed by atoms with Gasteiger partial charge in [0.1, 0.15) is 0 Å². The summed E-state index contributed by atoms with van der Waals surface area (Å²) in [5, 5.41) is 11.3. The zero-order chi connectivity index (χ0) is 15.0. The van der Waals surface area contributed by atoms with Crippen LogP contribution in [-0.2, 0) is 16.0 Å². The fourth-order valence-corrected chi connectivity index (χ4v) is 1.85. The van der Waals surface area contributed by atoms with E-state index in [1.807, 2.05) is 49.1 Å². The van der Waals surface area contributed by atoms with Gasteiger partial charge in [0.15, 0.2) is 0 Å². The molecule has 0 atom stereocenters. The van der Waals surface area contributed by atoms with Gasteiger partial charge in [0, 0.05) is 12.6 Å². The minimum absolute atomic E-state index is 0.0105. The van der Waals surface area contributed by atoms with Crippen molar-refractivity contribution < 1.29 is 14.7 Å². The number of carbonyl (C=O) groups is 2. The molecule has 1 aromatic carbocycles. The number of nitrogens with zero attached hydrogens (tertiary/aromatic N) is 1. The lowest BCUT2D eigenvalue weighted by Crippen LogP contribution is -2.44. The van der Waals surface area contributed by atoms with Gasteiger partial charge in [0.05, 0.1) is 19.6 Å². The number of nitrogens with one attached hydrogen (secondary N) is 1. The summed E-state index contributed by atoms with van der Waals surface area (Å²) in [4.78, 5) is 25.3. The summed E-state index contributed by atoms with van der Waals surface area (Å²) in [5.41, 5.74) is 0.869. The van der Waals surface area contributed by atoms with E-state index < -0.39 is 0 Å². The molecular weight excluding hydrogens is 256 g/mol. The van der Waals surface area contributed by atoms with E-state index in [1.165, 1.54) is 0 Å². The molecular formula is C15H22N2O3. The van der Waals surface area contributed by atoms with Crippen LogP contribution in [0.3, 0.4) is 0 Å². The maximum atomic E-state index is 11.8. The van der Waals surface area contributed by atoms with Gasteiger partial charge < -0.3 is 5.11 Å². The topological polar surface area (TPSA) is 69.6 Å². The van der Waals surface area contributed by atoms with E-state index in [1.54, 1.807) is 0 Å².